The highest BCUT2D eigenvalue weighted by molar-refractivity contribution is 6.03. The number of anilines is 1. The van der Waals surface area contributed by atoms with Crippen LogP contribution in [0.5, 0.6) is 11.5 Å². The van der Waals surface area contributed by atoms with E-state index in [-0.39, 0.29) is 48.8 Å². The summed E-state index contributed by atoms with van der Waals surface area (Å²) in [6, 6.07) is 3.07. The number of pyridine rings is 1. The predicted molar refractivity (Wildman–Crippen MR) is 133 cm³/mol. The number of rotatable bonds is 3. The number of hydrogen-bond acceptors (Lipinski definition) is 7. The van der Waals surface area contributed by atoms with Crippen molar-refractivity contribution in [3.8, 4) is 22.8 Å². The Hall–Kier alpha value is -3.73. The Morgan fingerprint density at radius 2 is 1.92 bits per heavy atom. The molecular formula is C26H29F2N5O4. The average Bonchev–Trinajstić information content (AvgIpc) is 3.01. The maximum atomic E-state index is 16.1. The number of aromatic nitrogens is 1. The van der Waals surface area contributed by atoms with Crippen molar-refractivity contribution in [2.24, 2.45) is 0 Å². The molecule has 0 saturated carbocycles. The van der Waals surface area contributed by atoms with Gasteiger partial charge in [-0.15, -0.1) is 0 Å². The Balaban J connectivity index is 1.67. The number of nitrogens with zero attached hydrogens (tertiary/aromatic N) is 5. The summed E-state index contributed by atoms with van der Waals surface area (Å²) in [5, 5.41) is 10.4. The lowest BCUT2D eigenvalue weighted by molar-refractivity contribution is -0.128. The topological polar surface area (TPSA) is 89.5 Å². The first-order valence-electron chi connectivity index (χ1n) is 12.2. The van der Waals surface area contributed by atoms with E-state index in [2.05, 4.69) is 16.5 Å². The number of carbonyl (C=O) groups is 2. The molecular weight excluding hydrogens is 484 g/mol. The van der Waals surface area contributed by atoms with Crippen molar-refractivity contribution >= 4 is 17.6 Å². The summed E-state index contributed by atoms with van der Waals surface area (Å²) >= 11 is 0. The summed E-state index contributed by atoms with van der Waals surface area (Å²) in [7, 11) is 1.98. The van der Waals surface area contributed by atoms with E-state index in [9.17, 15) is 19.1 Å². The Morgan fingerprint density at radius 1 is 1.16 bits per heavy atom. The molecule has 2 fully saturated rings. The van der Waals surface area contributed by atoms with Crippen molar-refractivity contribution in [3.05, 3.63) is 48.1 Å². The lowest BCUT2D eigenvalue weighted by atomic mass is 10.0. The van der Waals surface area contributed by atoms with Crippen molar-refractivity contribution in [1.29, 1.82) is 0 Å². The molecule has 4 heterocycles. The second-order valence-electron chi connectivity index (χ2n) is 9.69. The number of halogens is 2. The number of likely N-dealkylation sites (N-methyl/N-ethyl adjacent to an activating group) is 1. The third-order valence-electron chi connectivity index (χ3n) is 7.27. The number of phenolic OH excluding ortho intramolecular Hbond substituents is 1. The zero-order valence-electron chi connectivity index (χ0n) is 20.8. The van der Waals surface area contributed by atoms with Crippen LogP contribution in [0.1, 0.15) is 17.3 Å². The van der Waals surface area contributed by atoms with Gasteiger partial charge in [0.05, 0.1) is 11.6 Å². The van der Waals surface area contributed by atoms with Crippen LogP contribution in [0, 0.1) is 11.6 Å². The van der Waals surface area contributed by atoms with Crippen molar-refractivity contribution in [2.45, 2.75) is 19.0 Å². The summed E-state index contributed by atoms with van der Waals surface area (Å²) in [4.78, 5) is 37.8. The summed E-state index contributed by atoms with van der Waals surface area (Å²) in [6.07, 6.45) is 1.22. The maximum absolute atomic E-state index is 16.1. The highest BCUT2D eigenvalue weighted by Crippen LogP contribution is 2.43. The first kappa shape index (κ1) is 24.9. The van der Waals surface area contributed by atoms with Crippen LogP contribution in [-0.4, -0.2) is 102 Å². The molecule has 9 nitrogen and oxygen atoms in total. The highest BCUT2D eigenvalue weighted by Gasteiger charge is 2.42. The SMILES string of the molecule is C=CC(=O)N1CCN2C(=O)c3c(N4CCN(C)C[C@@H]4C)nc(-c4c(O)cccc4F)c(F)c3OC[C@H]2C1. The van der Waals surface area contributed by atoms with Gasteiger partial charge in [-0.1, -0.05) is 12.6 Å². The molecule has 2 aromatic rings. The third-order valence-corrected chi connectivity index (χ3v) is 7.27. The molecule has 2 amide bonds. The fraction of sp³-hybridized carbons (Fsp3) is 0.423. The first-order valence-corrected chi connectivity index (χ1v) is 12.2. The molecule has 196 valence electrons. The zero-order chi connectivity index (χ0) is 26.4. The number of amides is 2. The molecule has 5 rings (SSSR count). The molecule has 0 bridgehead atoms. The van der Waals surface area contributed by atoms with Gasteiger partial charge in [-0.2, -0.15) is 0 Å². The molecule has 11 heteroatoms. The van der Waals surface area contributed by atoms with Crippen molar-refractivity contribution in [1.82, 2.24) is 19.7 Å². The van der Waals surface area contributed by atoms with Gasteiger partial charge in [-0.3, -0.25) is 9.59 Å². The van der Waals surface area contributed by atoms with Crippen LogP contribution in [0.15, 0.2) is 30.9 Å². The summed E-state index contributed by atoms with van der Waals surface area (Å²) in [6.45, 7) is 8.04. The summed E-state index contributed by atoms with van der Waals surface area (Å²) < 4.78 is 36.8. The predicted octanol–water partition coefficient (Wildman–Crippen LogP) is 2.10. The van der Waals surface area contributed by atoms with Gasteiger partial charge in [0.25, 0.3) is 5.91 Å². The standard InChI is InChI=1S/C26H29F2N5O4/c1-4-19(35)31-9-11-33-16(13-31)14-37-24-21(26(33)36)25(32-10-8-30(3)12-15(32)2)29-23(22(24)28)20-17(27)6-5-7-18(20)34/h4-7,15-16,34H,1,8-14H2,2-3H3/t15-,16+/m0/s1. The van der Waals surface area contributed by atoms with Gasteiger partial charge >= 0.3 is 0 Å². The second-order valence-corrected chi connectivity index (χ2v) is 9.69. The fourth-order valence-corrected chi connectivity index (χ4v) is 5.35. The van der Waals surface area contributed by atoms with E-state index in [4.69, 9.17) is 4.74 Å². The number of piperazine rings is 2. The fourth-order valence-electron chi connectivity index (χ4n) is 5.35. The molecule has 0 radical (unpaired) electrons. The number of phenols is 1. The van der Waals surface area contributed by atoms with Gasteiger partial charge in [-0.25, -0.2) is 13.8 Å². The minimum atomic E-state index is -1.02. The Labute approximate surface area is 213 Å². The first-order chi connectivity index (χ1) is 17.7. The van der Waals surface area contributed by atoms with E-state index in [1.165, 1.54) is 18.2 Å². The van der Waals surface area contributed by atoms with E-state index in [1.807, 2.05) is 18.9 Å². The number of fused-ring (bicyclic) bond motifs is 2. The van der Waals surface area contributed by atoms with Gasteiger partial charge in [0.2, 0.25) is 5.91 Å². The van der Waals surface area contributed by atoms with Gasteiger partial charge in [-0.05, 0) is 32.2 Å². The number of carbonyl (C=O) groups excluding carboxylic acids is 2. The van der Waals surface area contributed by atoms with E-state index >= 15 is 4.39 Å². The Bertz CT molecular complexity index is 1250. The van der Waals surface area contributed by atoms with Crippen LogP contribution < -0.4 is 9.64 Å². The number of benzene rings is 1. The Kier molecular flexibility index (Phi) is 6.49. The van der Waals surface area contributed by atoms with Crippen molar-refractivity contribution in [3.63, 3.8) is 0 Å². The molecule has 3 aliphatic heterocycles. The van der Waals surface area contributed by atoms with Crippen LogP contribution in [0.4, 0.5) is 14.6 Å². The van der Waals surface area contributed by atoms with Gasteiger partial charge in [0.15, 0.2) is 11.6 Å². The van der Waals surface area contributed by atoms with E-state index in [0.29, 0.717) is 26.2 Å². The quantitative estimate of drug-likeness (QED) is 0.629. The van der Waals surface area contributed by atoms with Crippen LogP contribution in [0.3, 0.4) is 0 Å². The molecule has 0 unspecified atom stereocenters. The lowest BCUT2D eigenvalue weighted by Gasteiger charge is -2.41. The number of aromatic hydroxyl groups is 1. The minimum Gasteiger partial charge on any atom is -0.507 e. The average molecular weight is 514 g/mol. The minimum absolute atomic E-state index is 0.0283. The van der Waals surface area contributed by atoms with Gasteiger partial charge in [0.1, 0.15) is 35.2 Å². The molecule has 1 aromatic carbocycles. The monoisotopic (exact) mass is 513 g/mol. The number of ether oxygens (including phenoxy) is 1. The maximum Gasteiger partial charge on any atom is 0.262 e. The third kappa shape index (κ3) is 4.26. The van der Waals surface area contributed by atoms with Crippen LogP contribution in [-0.2, 0) is 4.79 Å². The largest absolute Gasteiger partial charge is 0.507 e. The molecule has 2 saturated heterocycles. The summed E-state index contributed by atoms with van der Waals surface area (Å²) in [5.41, 5.74) is -0.849. The smallest absolute Gasteiger partial charge is 0.262 e. The van der Waals surface area contributed by atoms with Gasteiger partial charge < -0.3 is 29.4 Å². The molecule has 0 aliphatic carbocycles. The normalized spacial score (nSPS) is 22.2. The zero-order valence-corrected chi connectivity index (χ0v) is 20.8. The van der Waals surface area contributed by atoms with Crippen molar-refractivity contribution in [2.75, 3.05) is 57.8 Å². The molecule has 0 spiro atoms. The number of hydrogen-bond donors (Lipinski definition) is 1. The van der Waals surface area contributed by atoms with E-state index in [1.54, 1.807) is 9.80 Å². The van der Waals surface area contributed by atoms with E-state index in [0.717, 1.165) is 6.07 Å². The van der Waals surface area contributed by atoms with Crippen LogP contribution in [0.25, 0.3) is 11.3 Å². The van der Waals surface area contributed by atoms with Crippen molar-refractivity contribution < 1.29 is 28.2 Å². The molecule has 3 aliphatic rings. The molecule has 2 atom stereocenters. The lowest BCUT2D eigenvalue weighted by Crippen LogP contribution is -2.57. The molecule has 1 aromatic heterocycles. The molecule has 1 N–H and O–H groups in total. The van der Waals surface area contributed by atoms with Crippen LogP contribution >= 0.6 is 0 Å². The van der Waals surface area contributed by atoms with Crippen LogP contribution in [0.2, 0.25) is 0 Å². The molecule has 37 heavy (non-hydrogen) atoms. The van der Waals surface area contributed by atoms with E-state index < -0.39 is 40.6 Å². The summed E-state index contributed by atoms with van der Waals surface area (Å²) in [5.74, 6) is -3.20. The Morgan fingerprint density at radius 3 is 2.62 bits per heavy atom. The second kappa shape index (κ2) is 9.62. The highest BCUT2D eigenvalue weighted by atomic mass is 19.1. The van der Waals surface area contributed by atoms with Gasteiger partial charge in [0, 0.05) is 45.3 Å².